The molecule has 0 amide bonds. The van der Waals surface area contributed by atoms with E-state index >= 15 is 0 Å². The summed E-state index contributed by atoms with van der Waals surface area (Å²) in [6.07, 6.45) is 5.29. The number of hydrogen-bond donors (Lipinski definition) is 2. The Morgan fingerprint density at radius 1 is 1.27 bits per heavy atom. The van der Waals surface area contributed by atoms with Gasteiger partial charge in [-0.3, -0.25) is 9.20 Å². The van der Waals surface area contributed by atoms with E-state index in [1.54, 1.807) is 7.05 Å². The van der Waals surface area contributed by atoms with Crippen LogP contribution in [0.25, 0.3) is 0 Å². The molecule has 0 radical (unpaired) electrons. The number of hydrogen-bond acceptors (Lipinski definition) is 4. The van der Waals surface area contributed by atoms with Gasteiger partial charge in [0.1, 0.15) is 5.75 Å². The van der Waals surface area contributed by atoms with Crippen LogP contribution in [0.1, 0.15) is 44.6 Å². The highest BCUT2D eigenvalue weighted by Crippen LogP contribution is 2.23. The molecule has 1 aromatic rings. The van der Waals surface area contributed by atoms with E-state index in [2.05, 4.69) is 46.8 Å². The van der Waals surface area contributed by atoms with Crippen LogP contribution in [0.5, 0.6) is 5.75 Å². The number of rotatable bonds is 10. The van der Waals surface area contributed by atoms with Gasteiger partial charge in [-0.2, -0.15) is 0 Å². The molecular weight excluding hydrogens is 511 g/mol. The van der Waals surface area contributed by atoms with Gasteiger partial charge in [0.05, 0.1) is 6.61 Å². The predicted octanol–water partition coefficient (Wildman–Crippen LogP) is 3.38. The molecule has 172 valence electrons. The van der Waals surface area contributed by atoms with E-state index in [4.69, 9.17) is 4.74 Å². The molecule has 1 saturated carbocycles. The molecular formula is C22H39IN4O2S. The van der Waals surface area contributed by atoms with Crippen molar-refractivity contribution in [1.29, 1.82) is 0 Å². The average molecular weight is 551 g/mol. The summed E-state index contributed by atoms with van der Waals surface area (Å²) in [5.41, 5.74) is 1.18. The first-order valence-electron chi connectivity index (χ1n) is 10.7. The SMILES string of the molecule is CCS(=O)C1CCCC(NC(=NC)NCc2ccc(OCCCN(C)C)cc2)C1.I. The maximum absolute atomic E-state index is 12.1. The number of benzene rings is 1. The van der Waals surface area contributed by atoms with Crippen LogP contribution in [0.2, 0.25) is 0 Å². The molecule has 0 bridgehead atoms. The fourth-order valence-corrected chi connectivity index (χ4v) is 4.95. The van der Waals surface area contributed by atoms with Crippen molar-refractivity contribution in [3.8, 4) is 5.75 Å². The lowest BCUT2D eigenvalue weighted by molar-refractivity contribution is 0.281. The monoisotopic (exact) mass is 550 g/mol. The van der Waals surface area contributed by atoms with Crippen LogP contribution in [-0.4, -0.2) is 66.4 Å². The number of halogens is 1. The lowest BCUT2D eigenvalue weighted by Gasteiger charge is -2.30. The smallest absolute Gasteiger partial charge is 0.191 e. The quantitative estimate of drug-likeness (QED) is 0.203. The zero-order chi connectivity index (χ0) is 21.1. The molecule has 0 saturated heterocycles. The molecule has 0 heterocycles. The van der Waals surface area contributed by atoms with Crippen LogP contribution < -0.4 is 15.4 Å². The van der Waals surface area contributed by atoms with E-state index in [-0.39, 0.29) is 24.0 Å². The first-order chi connectivity index (χ1) is 14.0. The Bertz CT molecular complexity index is 655. The van der Waals surface area contributed by atoms with Gasteiger partial charge in [0.15, 0.2) is 5.96 Å². The summed E-state index contributed by atoms with van der Waals surface area (Å²) in [6, 6.07) is 8.56. The van der Waals surface area contributed by atoms with Crippen LogP contribution >= 0.6 is 24.0 Å². The van der Waals surface area contributed by atoms with Crippen molar-refractivity contribution in [2.75, 3.05) is 40.0 Å². The first-order valence-corrected chi connectivity index (χ1v) is 12.1. The van der Waals surface area contributed by atoms with E-state index < -0.39 is 10.8 Å². The number of guanidine groups is 1. The van der Waals surface area contributed by atoms with Gasteiger partial charge in [-0.05, 0) is 57.5 Å². The Morgan fingerprint density at radius 2 is 2.00 bits per heavy atom. The van der Waals surface area contributed by atoms with E-state index in [1.807, 2.05) is 19.1 Å². The van der Waals surface area contributed by atoms with Gasteiger partial charge in [0.25, 0.3) is 0 Å². The molecule has 8 heteroatoms. The summed E-state index contributed by atoms with van der Waals surface area (Å²) in [6.45, 7) is 4.48. The van der Waals surface area contributed by atoms with Gasteiger partial charge in [-0.1, -0.05) is 25.5 Å². The highest BCUT2D eigenvalue weighted by Gasteiger charge is 2.25. The molecule has 1 aliphatic rings. The van der Waals surface area contributed by atoms with Crippen LogP contribution in [-0.2, 0) is 17.3 Å². The van der Waals surface area contributed by atoms with E-state index in [1.165, 1.54) is 5.56 Å². The van der Waals surface area contributed by atoms with Crippen molar-refractivity contribution in [2.45, 2.75) is 56.9 Å². The lowest BCUT2D eigenvalue weighted by Crippen LogP contribution is -2.46. The van der Waals surface area contributed by atoms with Crippen molar-refractivity contribution in [2.24, 2.45) is 4.99 Å². The minimum absolute atomic E-state index is 0. The van der Waals surface area contributed by atoms with Crippen molar-refractivity contribution >= 4 is 40.7 Å². The normalized spacial score (nSPS) is 20.4. The molecule has 0 aliphatic heterocycles. The highest BCUT2D eigenvalue weighted by atomic mass is 127. The summed E-state index contributed by atoms with van der Waals surface area (Å²) in [4.78, 5) is 6.52. The minimum atomic E-state index is -0.707. The summed E-state index contributed by atoms with van der Waals surface area (Å²) in [7, 11) is 5.23. The Hall–Kier alpha value is -0.870. The summed E-state index contributed by atoms with van der Waals surface area (Å²) in [5, 5.41) is 7.22. The Morgan fingerprint density at radius 3 is 2.63 bits per heavy atom. The van der Waals surface area contributed by atoms with Gasteiger partial charge in [-0.15, -0.1) is 24.0 Å². The van der Waals surface area contributed by atoms with E-state index in [0.29, 0.717) is 17.8 Å². The predicted molar refractivity (Wildman–Crippen MR) is 139 cm³/mol. The summed E-state index contributed by atoms with van der Waals surface area (Å²) >= 11 is 0. The topological polar surface area (TPSA) is 66.0 Å². The maximum atomic E-state index is 12.1. The van der Waals surface area contributed by atoms with Crippen molar-refractivity contribution in [3.63, 3.8) is 0 Å². The Labute approximate surface area is 202 Å². The Balaban J connectivity index is 0.00000450. The average Bonchev–Trinajstić information content (AvgIpc) is 2.74. The molecule has 30 heavy (non-hydrogen) atoms. The molecule has 6 nitrogen and oxygen atoms in total. The van der Waals surface area contributed by atoms with E-state index in [9.17, 15) is 4.21 Å². The van der Waals surface area contributed by atoms with Crippen molar-refractivity contribution in [3.05, 3.63) is 29.8 Å². The first kappa shape index (κ1) is 27.2. The molecule has 1 fully saturated rings. The second-order valence-corrected chi connectivity index (χ2v) is 9.88. The molecule has 2 rings (SSSR count). The second kappa shape index (κ2) is 15.0. The van der Waals surface area contributed by atoms with Crippen LogP contribution in [0.15, 0.2) is 29.3 Å². The molecule has 0 spiro atoms. The minimum Gasteiger partial charge on any atom is -0.494 e. The fraction of sp³-hybridized carbons (Fsp3) is 0.682. The largest absolute Gasteiger partial charge is 0.494 e. The van der Waals surface area contributed by atoms with Gasteiger partial charge >= 0.3 is 0 Å². The molecule has 0 aromatic heterocycles. The number of ether oxygens (including phenoxy) is 1. The van der Waals surface area contributed by atoms with Crippen molar-refractivity contribution < 1.29 is 8.95 Å². The number of aliphatic imine (C=N–C) groups is 1. The molecule has 1 aromatic carbocycles. The van der Waals surface area contributed by atoms with E-state index in [0.717, 1.165) is 62.7 Å². The zero-order valence-corrected chi connectivity index (χ0v) is 22.0. The zero-order valence-electron chi connectivity index (χ0n) is 18.9. The summed E-state index contributed by atoms with van der Waals surface area (Å²) < 4.78 is 17.9. The highest BCUT2D eigenvalue weighted by molar-refractivity contribution is 14.0. The summed E-state index contributed by atoms with van der Waals surface area (Å²) in [5.74, 6) is 2.47. The van der Waals surface area contributed by atoms with Crippen LogP contribution in [0.3, 0.4) is 0 Å². The van der Waals surface area contributed by atoms with Gasteiger partial charge in [-0.25, -0.2) is 0 Å². The third-order valence-corrected chi connectivity index (χ3v) is 6.99. The maximum Gasteiger partial charge on any atom is 0.191 e. The molecule has 3 unspecified atom stereocenters. The molecule has 2 N–H and O–H groups in total. The standard InChI is InChI=1S/C22H38N4O2S.HI/c1-5-29(27)21-9-6-8-19(16-21)25-22(23-2)24-17-18-10-12-20(13-11-18)28-15-7-14-26(3)4;/h10-13,19,21H,5-9,14-17H2,1-4H3,(H2,23,24,25);1H. The molecule has 1 aliphatic carbocycles. The lowest BCUT2D eigenvalue weighted by atomic mass is 9.95. The third kappa shape index (κ3) is 9.96. The van der Waals surface area contributed by atoms with Gasteiger partial charge in [0.2, 0.25) is 0 Å². The Kier molecular flexibility index (Phi) is 13.6. The van der Waals surface area contributed by atoms with Crippen LogP contribution in [0, 0.1) is 0 Å². The number of nitrogens with zero attached hydrogens (tertiary/aromatic N) is 2. The van der Waals surface area contributed by atoms with Crippen molar-refractivity contribution in [1.82, 2.24) is 15.5 Å². The molecule has 3 atom stereocenters. The van der Waals surface area contributed by atoms with Gasteiger partial charge in [0, 0.05) is 48.0 Å². The fourth-order valence-electron chi connectivity index (χ4n) is 3.60. The van der Waals surface area contributed by atoms with Gasteiger partial charge < -0.3 is 20.3 Å². The second-order valence-electron chi connectivity index (χ2n) is 7.87. The number of nitrogens with one attached hydrogen (secondary N) is 2. The third-order valence-electron chi connectivity index (χ3n) is 5.25. The van der Waals surface area contributed by atoms with Crippen LogP contribution in [0.4, 0.5) is 0 Å².